The molecule has 1 unspecified atom stereocenters. The fourth-order valence-electron chi connectivity index (χ4n) is 3.31. The van der Waals surface area contributed by atoms with E-state index in [9.17, 15) is 4.79 Å². The van der Waals surface area contributed by atoms with E-state index in [2.05, 4.69) is 41.4 Å². The van der Waals surface area contributed by atoms with Crippen LogP contribution in [-0.4, -0.2) is 22.1 Å². The Balaban J connectivity index is 1.63. The minimum Gasteiger partial charge on any atom is -0.350 e. The lowest BCUT2D eigenvalue weighted by molar-refractivity contribution is 0.0934. The number of rotatable bonds is 6. The van der Waals surface area contributed by atoms with Gasteiger partial charge in [0.25, 0.3) is 11.8 Å². The van der Waals surface area contributed by atoms with E-state index < -0.39 is 0 Å². The zero-order valence-electron chi connectivity index (χ0n) is 16.2. The van der Waals surface area contributed by atoms with E-state index in [0.717, 1.165) is 12.0 Å². The number of nitrogens with zero attached hydrogens (tertiary/aromatic N) is 2. The number of hydrogen-bond acceptors (Lipinski definition) is 4. The smallest absolute Gasteiger partial charge is 0.257 e. The Labute approximate surface area is 159 Å². The summed E-state index contributed by atoms with van der Waals surface area (Å²) >= 11 is 0. The van der Waals surface area contributed by atoms with Gasteiger partial charge in [-0.05, 0) is 55.5 Å². The number of aromatic nitrogens is 2. The van der Waals surface area contributed by atoms with Crippen molar-refractivity contribution in [1.82, 2.24) is 15.5 Å². The number of amides is 1. The molecule has 0 radical (unpaired) electrons. The molecule has 0 saturated carbocycles. The molecule has 2 aromatic carbocycles. The summed E-state index contributed by atoms with van der Waals surface area (Å²) in [6.07, 6.45) is 0.849. The average molecular weight is 363 g/mol. The molecule has 0 aliphatic rings. The summed E-state index contributed by atoms with van der Waals surface area (Å²) in [7, 11) is 0. The second kappa shape index (κ2) is 7.74. The van der Waals surface area contributed by atoms with E-state index in [1.807, 2.05) is 37.3 Å². The van der Waals surface area contributed by atoms with Gasteiger partial charge in [-0.2, -0.15) is 4.98 Å². The third kappa shape index (κ3) is 4.61. The molecule has 1 aromatic heterocycles. The van der Waals surface area contributed by atoms with Crippen LogP contribution >= 0.6 is 0 Å². The van der Waals surface area contributed by atoms with Crippen molar-refractivity contribution in [3.8, 4) is 11.5 Å². The number of benzene rings is 2. The Morgan fingerprint density at radius 2 is 1.78 bits per heavy atom. The van der Waals surface area contributed by atoms with Crippen molar-refractivity contribution in [3.63, 3.8) is 0 Å². The molecule has 1 N–H and O–H groups in total. The molecule has 0 spiro atoms. The van der Waals surface area contributed by atoms with Gasteiger partial charge in [-0.25, -0.2) is 0 Å². The first kappa shape index (κ1) is 18.8. The summed E-state index contributed by atoms with van der Waals surface area (Å²) in [5, 5.41) is 6.88. The highest BCUT2D eigenvalue weighted by Crippen LogP contribution is 2.28. The van der Waals surface area contributed by atoms with Gasteiger partial charge in [0.15, 0.2) is 5.82 Å². The maximum atomic E-state index is 12.6. The zero-order valence-corrected chi connectivity index (χ0v) is 16.2. The van der Waals surface area contributed by atoms with Crippen LogP contribution in [-0.2, 0) is 5.41 Å². The Morgan fingerprint density at radius 1 is 1.11 bits per heavy atom. The molecule has 5 heteroatoms. The SMILES string of the molecule is Cc1noc(-c2ccc(C(=O)NC(C)CC(C)(C)c3ccccc3)cc2)n1. The normalized spacial score (nSPS) is 12.6. The van der Waals surface area contributed by atoms with Gasteiger partial charge in [0.1, 0.15) is 0 Å². The molecular weight excluding hydrogens is 338 g/mol. The molecule has 0 bridgehead atoms. The first-order valence-electron chi connectivity index (χ1n) is 9.12. The quantitative estimate of drug-likeness (QED) is 0.698. The first-order valence-corrected chi connectivity index (χ1v) is 9.12. The van der Waals surface area contributed by atoms with Gasteiger partial charge in [0.2, 0.25) is 0 Å². The molecule has 3 aromatic rings. The third-order valence-electron chi connectivity index (χ3n) is 4.67. The summed E-state index contributed by atoms with van der Waals surface area (Å²) in [6.45, 7) is 8.21. The molecule has 27 heavy (non-hydrogen) atoms. The van der Waals surface area contributed by atoms with Crippen LogP contribution in [0.2, 0.25) is 0 Å². The summed E-state index contributed by atoms with van der Waals surface area (Å²) in [5.41, 5.74) is 2.66. The number of hydrogen-bond donors (Lipinski definition) is 1. The van der Waals surface area contributed by atoms with E-state index in [-0.39, 0.29) is 17.4 Å². The topological polar surface area (TPSA) is 68.0 Å². The molecule has 5 nitrogen and oxygen atoms in total. The van der Waals surface area contributed by atoms with E-state index in [1.54, 1.807) is 19.1 Å². The van der Waals surface area contributed by atoms with Gasteiger partial charge in [0.05, 0.1) is 0 Å². The maximum Gasteiger partial charge on any atom is 0.257 e. The largest absolute Gasteiger partial charge is 0.350 e. The van der Waals surface area contributed by atoms with Crippen LogP contribution in [0.4, 0.5) is 0 Å². The molecular formula is C22H25N3O2. The van der Waals surface area contributed by atoms with Gasteiger partial charge in [-0.1, -0.05) is 49.3 Å². The molecule has 0 aliphatic heterocycles. The predicted octanol–water partition coefficient (Wildman–Crippen LogP) is 4.53. The summed E-state index contributed by atoms with van der Waals surface area (Å²) in [5.74, 6) is 0.957. The van der Waals surface area contributed by atoms with Crippen LogP contribution in [0.1, 0.15) is 48.9 Å². The van der Waals surface area contributed by atoms with Gasteiger partial charge < -0.3 is 9.84 Å². The lowest BCUT2D eigenvalue weighted by atomic mass is 9.79. The van der Waals surface area contributed by atoms with Crippen molar-refractivity contribution in [1.29, 1.82) is 0 Å². The second-order valence-corrected chi connectivity index (χ2v) is 7.55. The molecule has 1 amide bonds. The van der Waals surface area contributed by atoms with E-state index >= 15 is 0 Å². The lowest BCUT2D eigenvalue weighted by Gasteiger charge is -2.29. The van der Waals surface area contributed by atoms with Crippen LogP contribution in [0.3, 0.4) is 0 Å². The van der Waals surface area contributed by atoms with E-state index in [1.165, 1.54) is 5.56 Å². The van der Waals surface area contributed by atoms with Crippen LogP contribution in [0.15, 0.2) is 59.1 Å². The van der Waals surface area contributed by atoms with Crippen molar-refractivity contribution in [2.45, 2.75) is 45.6 Å². The summed E-state index contributed by atoms with van der Waals surface area (Å²) in [6, 6.07) is 17.6. The molecule has 0 aliphatic carbocycles. The Kier molecular flexibility index (Phi) is 5.40. The standard InChI is InChI=1S/C22H25N3O2/c1-15(14-22(3,4)19-8-6-5-7-9-19)23-20(26)17-10-12-18(13-11-17)21-24-16(2)25-27-21/h5-13,15H,14H2,1-4H3,(H,23,26). The molecule has 0 saturated heterocycles. The number of carbonyl (C=O) groups excluding carboxylic acids is 1. The first-order chi connectivity index (χ1) is 12.8. The molecule has 1 atom stereocenters. The van der Waals surface area contributed by atoms with Crippen LogP contribution < -0.4 is 5.32 Å². The zero-order chi connectivity index (χ0) is 19.4. The number of aryl methyl sites for hydroxylation is 1. The van der Waals surface area contributed by atoms with Crippen molar-refractivity contribution >= 4 is 5.91 Å². The highest BCUT2D eigenvalue weighted by molar-refractivity contribution is 5.94. The van der Waals surface area contributed by atoms with Crippen LogP contribution in [0, 0.1) is 6.92 Å². The number of nitrogens with one attached hydrogen (secondary N) is 1. The lowest BCUT2D eigenvalue weighted by Crippen LogP contribution is -2.37. The Hall–Kier alpha value is -2.95. The van der Waals surface area contributed by atoms with Crippen molar-refractivity contribution in [3.05, 3.63) is 71.5 Å². The third-order valence-corrected chi connectivity index (χ3v) is 4.67. The van der Waals surface area contributed by atoms with Crippen molar-refractivity contribution in [2.24, 2.45) is 0 Å². The van der Waals surface area contributed by atoms with Gasteiger partial charge in [0, 0.05) is 17.2 Å². The fourth-order valence-corrected chi connectivity index (χ4v) is 3.31. The van der Waals surface area contributed by atoms with Crippen LogP contribution in [0.5, 0.6) is 0 Å². The van der Waals surface area contributed by atoms with Crippen molar-refractivity contribution in [2.75, 3.05) is 0 Å². The van der Waals surface area contributed by atoms with Gasteiger partial charge in [-0.3, -0.25) is 4.79 Å². The minimum absolute atomic E-state index is 0.0202. The molecule has 1 heterocycles. The monoisotopic (exact) mass is 363 g/mol. The Bertz CT molecular complexity index is 899. The van der Waals surface area contributed by atoms with Gasteiger partial charge in [-0.15, -0.1) is 0 Å². The van der Waals surface area contributed by atoms with E-state index in [4.69, 9.17) is 4.52 Å². The van der Waals surface area contributed by atoms with Gasteiger partial charge >= 0.3 is 0 Å². The molecule has 0 fully saturated rings. The molecule has 3 rings (SSSR count). The highest BCUT2D eigenvalue weighted by atomic mass is 16.5. The van der Waals surface area contributed by atoms with Crippen molar-refractivity contribution < 1.29 is 9.32 Å². The number of carbonyl (C=O) groups is 1. The summed E-state index contributed by atoms with van der Waals surface area (Å²) < 4.78 is 5.15. The highest BCUT2D eigenvalue weighted by Gasteiger charge is 2.24. The molecule has 140 valence electrons. The average Bonchev–Trinajstić information content (AvgIpc) is 3.08. The Morgan fingerprint density at radius 3 is 2.37 bits per heavy atom. The maximum absolute atomic E-state index is 12.6. The van der Waals surface area contributed by atoms with Crippen LogP contribution in [0.25, 0.3) is 11.5 Å². The fraction of sp³-hybridized carbons (Fsp3) is 0.318. The summed E-state index contributed by atoms with van der Waals surface area (Å²) in [4.78, 5) is 16.8. The predicted molar refractivity (Wildman–Crippen MR) is 105 cm³/mol. The minimum atomic E-state index is -0.0837. The second-order valence-electron chi connectivity index (χ2n) is 7.55. The van der Waals surface area contributed by atoms with E-state index in [0.29, 0.717) is 17.3 Å².